The quantitative estimate of drug-likeness (QED) is 0.787. The molecule has 0 bridgehead atoms. The second-order valence-corrected chi connectivity index (χ2v) is 5.00. The van der Waals surface area contributed by atoms with Crippen LogP contribution in [0.2, 0.25) is 0 Å². The summed E-state index contributed by atoms with van der Waals surface area (Å²) in [6.07, 6.45) is 1.19. The van der Waals surface area contributed by atoms with Crippen molar-refractivity contribution in [2.45, 2.75) is 53.1 Å². The van der Waals surface area contributed by atoms with E-state index in [1.165, 1.54) is 17.5 Å². The molecule has 1 unspecified atom stereocenters. The molecular weight excluding hydrogens is 194 g/mol. The molecule has 0 aliphatic heterocycles. The van der Waals surface area contributed by atoms with Gasteiger partial charge in [0.15, 0.2) is 0 Å². The number of nitrogens with one attached hydrogen (secondary N) is 1. The maximum Gasteiger partial charge on any atom is 0.0297 e. The van der Waals surface area contributed by atoms with Crippen LogP contribution in [0.1, 0.15) is 51.3 Å². The van der Waals surface area contributed by atoms with Crippen molar-refractivity contribution in [3.63, 3.8) is 0 Å². The highest BCUT2D eigenvalue weighted by Gasteiger charge is 2.15. The Labute approximate surface area is 100 Å². The van der Waals surface area contributed by atoms with Crippen molar-refractivity contribution in [1.82, 2.24) is 5.32 Å². The van der Waals surface area contributed by atoms with Gasteiger partial charge in [0, 0.05) is 12.1 Å². The second-order valence-electron chi connectivity index (χ2n) is 5.00. The van der Waals surface area contributed by atoms with Crippen LogP contribution < -0.4 is 5.32 Å². The Morgan fingerprint density at radius 2 is 1.75 bits per heavy atom. The van der Waals surface area contributed by atoms with E-state index in [1.807, 2.05) is 0 Å². The summed E-state index contributed by atoms with van der Waals surface area (Å²) in [4.78, 5) is 0. The molecule has 0 saturated heterocycles. The molecule has 0 fully saturated rings. The maximum atomic E-state index is 3.72. The van der Waals surface area contributed by atoms with Gasteiger partial charge in [-0.15, -0.1) is 0 Å². The molecule has 0 amide bonds. The minimum absolute atomic E-state index is 0.438. The molecule has 0 saturated carbocycles. The van der Waals surface area contributed by atoms with Crippen molar-refractivity contribution in [3.05, 3.63) is 35.4 Å². The van der Waals surface area contributed by atoms with Crippen molar-refractivity contribution >= 4 is 0 Å². The van der Waals surface area contributed by atoms with Crippen molar-refractivity contribution < 1.29 is 0 Å². The van der Waals surface area contributed by atoms with Gasteiger partial charge in [0.2, 0.25) is 0 Å². The molecule has 90 valence electrons. The number of benzene rings is 1. The summed E-state index contributed by atoms with van der Waals surface area (Å²) in [6.45, 7) is 11.3. The van der Waals surface area contributed by atoms with Gasteiger partial charge >= 0.3 is 0 Å². The van der Waals surface area contributed by atoms with Gasteiger partial charge in [0.25, 0.3) is 0 Å². The van der Waals surface area contributed by atoms with Crippen molar-refractivity contribution in [3.8, 4) is 0 Å². The minimum atomic E-state index is 0.438. The highest BCUT2D eigenvalue weighted by molar-refractivity contribution is 5.28. The van der Waals surface area contributed by atoms with Crippen molar-refractivity contribution in [1.29, 1.82) is 0 Å². The first-order valence-corrected chi connectivity index (χ1v) is 6.37. The van der Waals surface area contributed by atoms with Gasteiger partial charge in [0.1, 0.15) is 0 Å². The Bertz CT molecular complexity index is 317. The first-order chi connectivity index (χ1) is 7.56. The second kappa shape index (κ2) is 6.05. The summed E-state index contributed by atoms with van der Waals surface area (Å²) in [7, 11) is 0. The Hall–Kier alpha value is -0.820. The third-order valence-corrected chi connectivity index (χ3v) is 3.36. The summed E-state index contributed by atoms with van der Waals surface area (Å²) in [5, 5.41) is 3.72. The number of aryl methyl sites for hydroxylation is 1. The first kappa shape index (κ1) is 13.2. The molecular formula is C15H25N. The summed E-state index contributed by atoms with van der Waals surface area (Å²) in [5.41, 5.74) is 2.79. The SMILES string of the molecule is CCC(N[C@H](C)c1ccccc1C)C(C)C. The predicted octanol–water partition coefficient (Wildman–Crippen LogP) is 4.08. The zero-order valence-corrected chi connectivity index (χ0v) is 11.2. The Morgan fingerprint density at radius 3 is 2.25 bits per heavy atom. The average molecular weight is 219 g/mol. The van der Waals surface area contributed by atoms with E-state index in [4.69, 9.17) is 0 Å². The van der Waals surface area contributed by atoms with E-state index in [2.05, 4.69) is 64.2 Å². The highest BCUT2D eigenvalue weighted by Crippen LogP contribution is 2.19. The molecule has 0 radical (unpaired) electrons. The topological polar surface area (TPSA) is 12.0 Å². The van der Waals surface area contributed by atoms with Gasteiger partial charge in [-0.1, -0.05) is 45.0 Å². The fraction of sp³-hybridized carbons (Fsp3) is 0.600. The zero-order valence-electron chi connectivity index (χ0n) is 11.2. The fourth-order valence-electron chi connectivity index (χ4n) is 2.27. The van der Waals surface area contributed by atoms with Crippen LogP contribution in [0, 0.1) is 12.8 Å². The third kappa shape index (κ3) is 3.34. The molecule has 0 spiro atoms. The monoisotopic (exact) mass is 219 g/mol. The van der Waals surface area contributed by atoms with Gasteiger partial charge in [-0.3, -0.25) is 0 Å². The van der Waals surface area contributed by atoms with E-state index in [1.54, 1.807) is 0 Å². The lowest BCUT2D eigenvalue weighted by atomic mass is 9.97. The van der Waals surface area contributed by atoms with E-state index < -0.39 is 0 Å². The Kier molecular flexibility index (Phi) is 5.01. The predicted molar refractivity (Wildman–Crippen MR) is 71.6 cm³/mol. The summed E-state index contributed by atoms with van der Waals surface area (Å²) < 4.78 is 0. The standard InChI is InChI=1S/C15H25N/c1-6-15(11(2)3)16-13(5)14-10-8-7-9-12(14)4/h7-11,13,15-16H,6H2,1-5H3/t13-,15?/m1/s1. The van der Waals surface area contributed by atoms with E-state index in [9.17, 15) is 0 Å². The van der Waals surface area contributed by atoms with Crippen LogP contribution >= 0.6 is 0 Å². The summed E-state index contributed by atoms with van der Waals surface area (Å²) >= 11 is 0. The van der Waals surface area contributed by atoms with Gasteiger partial charge in [-0.05, 0) is 37.3 Å². The molecule has 1 nitrogen and oxygen atoms in total. The van der Waals surface area contributed by atoms with Crippen LogP contribution in [0.5, 0.6) is 0 Å². The molecule has 16 heavy (non-hydrogen) atoms. The summed E-state index contributed by atoms with van der Waals surface area (Å²) in [5.74, 6) is 0.691. The lowest BCUT2D eigenvalue weighted by Gasteiger charge is -2.26. The van der Waals surface area contributed by atoms with Crippen LogP contribution in [0.25, 0.3) is 0 Å². The van der Waals surface area contributed by atoms with E-state index in [0.29, 0.717) is 18.0 Å². The molecule has 0 aromatic heterocycles. The molecule has 0 heterocycles. The third-order valence-electron chi connectivity index (χ3n) is 3.36. The molecule has 1 heteroatoms. The Morgan fingerprint density at radius 1 is 1.12 bits per heavy atom. The molecule has 0 aliphatic carbocycles. The molecule has 1 N–H and O–H groups in total. The number of hydrogen-bond acceptors (Lipinski definition) is 1. The normalized spacial score (nSPS) is 15.1. The lowest BCUT2D eigenvalue weighted by Crippen LogP contribution is -2.35. The zero-order chi connectivity index (χ0) is 12.1. The lowest BCUT2D eigenvalue weighted by molar-refractivity contribution is 0.355. The average Bonchev–Trinajstić information content (AvgIpc) is 2.25. The van der Waals surface area contributed by atoms with Crippen molar-refractivity contribution in [2.24, 2.45) is 5.92 Å². The highest BCUT2D eigenvalue weighted by atomic mass is 14.9. The van der Waals surface area contributed by atoms with Crippen LogP contribution in [0.15, 0.2) is 24.3 Å². The van der Waals surface area contributed by atoms with Gasteiger partial charge in [-0.2, -0.15) is 0 Å². The minimum Gasteiger partial charge on any atom is -0.307 e. The van der Waals surface area contributed by atoms with Gasteiger partial charge in [-0.25, -0.2) is 0 Å². The number of hydrogen-bond donors (Lipinski definition) is 1. The molecule has 0 aliphatic rings. The van der Waals surface area contributed by atoms with E-state index in [-0.39, 0.29) is 0 Å². The molecule has 1 aromatic rings. The van der Waals surface area contributed by atoms with Crippen LogP contribution in [0.4, 0.5) is 0 Å². The van der Waals surface area contributed by atoms with Gasteiger partial charge in [0.05, 0.1) is 0 Å². The summed E-state index contributed by atoms with van der Waals surface area (Å²) in [6, 6.07) is 9.68. The first-order valence-electron chi connectivity index (χ1n) is 6.37. The maximum absolute atomic E-state index is 3.72. The van der Waals surface area contributed by atoms with Gasteiger partial charge < -0.3 is 5.32 Å². The van der Waals surface area contributed by atoms with Crippen LogP contribution in [0.3, 0.4) is 0 Å². The van der Waals surface area contributed by atoms with E-state index in [0.717, 1.165) is 0 Å². The molecule has 2 atom stereocenters. The van der Waals surface area contributed by atoms with Crippen LogP contribution in [-0.4, -0.2) is 6.04 Å². The fourth-order valence-corrected chi connectivity index (χ4v) is 2.27. The Balaban J connectivity index is 2.72. The smallest absolute Gasteiger partial charge is 0.0297 e. The molecule has 1 rings (SSSR count). The number of rotatable bonds is 5. The largest absolute Gasteiger partial charge is 0.307 e. The van der Waals surface area contributed by atoms with Crippen molar-refractivity contribution in [2.75, 3.05) is 0 Å². The van der Waals surface area contributed by atoms with Crippen LogP contribution in [-0.2, 0) is 0 Å². The van der Waals surface area contributed by atoms with E-state index >= 15 is 0 Å². The molecule has 1 aromatic carbocycles.